The van der Waals surface area contributed by atoms with E-state index >= 15 is 0 Å². The highest BCUT2D eigenvalue weighted by Crippen LogP contribution is 2.38. The highest BCUT2D eigenvalue weighted by molar-refractivity contribution is 9.10. The Morgan fingerprint density at radius 2 is 2.00 bits per heavy atom. The minimum absolute atomic E-state index is 0.0232. The van der Waals surface area contributed by atoms with E-state index in [9.17, 15) is 14.9 Å². The minimum Gasteiger partial charge on any atom is -0.449 e. The zero-order valence-corrected chi connectivity index (χ0v) is 11.6. The van der Waals surface area contributed by atoms with Crippen LogP contribution in [0.3, 0.4) is 0 Å². The molecule has 18 heavy (non-hydrogen) atoms. The largest absolute Gasteiger partial charge is 0.511 e. The van der Waals surface area contributed by atoms with E-state index in [-0.39, 0.29) is 15.9 Å². The molecule has 1 aromatic rings. The van der Waals surface area contributed by atoms with Gasteiger partial charge >= 0.3 is 6.16 Å². The van der Waals surface area contributed by atoms with Crippen molar-refractivity contribution < 1.29 is 19.6 Å². The van der Waals surface area contributed by atoms with Crippen LogP contribution in [0.25, 0.3) is 0 Å². The predicted molar refractivity (Wildman–Crippen MR) is 68.1 cm³/mol. The van der Waals surface area contributed by atoms with Crippen molar-refractivity contribution in [3.8, 4) is 5.75 Å². The topological polar surface area (TPSA) is 89.7 Å². The summed E-state index contributed by atoms with van der Waals surface area (Å²) in [5, 5.41) is 19.4. The molecule has 0 aliphatic carbocycles. The zero-order chi connectivity index (χ0) is 14.1. The summed E-state index contributed by atoms with van der Waals surface area (Å²) in [6.07, 6.45) is -1.50. The lowest BCUT2D eigenvalue weighted by Gasteiger charge is -2.21. The highest BCUT2D eigenvalue weighted by atomic mass is 79.9. The van der Waals surface area contributed by atoms with E-state index in [1.54, 1.807) is 0 Å². The molecule has 1 aromatic carbocycles. The first-order valence-corrected chi connectivity index (χ1v) is 5.81. The third-order valence-electron chi connectivity index (χ3n) is 2.25. The van der Waals surface area contributed by atoms with Crippen molar-refractivity contribution in [3.05, 3.63) is 32.3 Å². The van der Waals surface area contributed by atoms with Gasteiger partial charge in [0.2, 0.25) is 0 Å². The van der Waals surface area contributed by atoms with Crippen LogP contribution in [0.4, 0.5) is 10.5 Å². The van der Waals surface area contributed by atoms with E-state index in [0.29, 0.717) is 5.56 Å². The van der Waals surface area contributed by atoms with E-state index in [0.717, 1.165) is 6.07 Å². The van der Waals surface area contributed by atoms with Crippen LogP contribution in [0.1, 0.15) is 26.3 Å². The summed E-state index contributed by atoms with van der Waals surface area (Å²) in [5.74, 6) is -0.0232. The fourth-order valence-electron chi connectivity index (χ4n) is 1.45. The van der Waals surface area contributed by atoms with E-state index in [1.807, 2.05) is 20.8 Å². The number of carbonyl (C=O) groups is 1. The van der Waals surface area contributed by atoms with Crippen LogP contribution in [0.15, 0.2) is 16.6 Å². The molecule has 0 saturated heterocycles. The monoisotopic (exact) mass is 317 g/mol. The maximum absolute atomic E-state index is 10.8. The normalized spacial score (nSPS) is 11.1. The number of hydrogen-bond donors (Lipinski definition) is 1. The fourth-order valence-corrected chi connectivity index (χ4v) is 1.94. The average Bonchev–Trinajstić information content (AvgIpc) is 2.17. The van der Waals surface area contributed by atoms with Gasteiger partial charge in [0.05, 0.1) is 15.5 Å². The summed E-state index contributed by atoms with van der Waals surface area (Å²) in [4.78, 5) is 20.8. The molecule has 0 spiro atoms. The highest BCUT2D eigenvalue weighted by Gasteiger charge is 2.25. The quantitative estimate of drug-likeness (QED) is 0.388. The molecular formula is C11H12BrNO5. The van der Waals surface area contributed by atoms with Crippen molar-refractivity contribution in [1.82, 2.24) is 0 Å². The molecule has 0 atom stereocenters. The van der Waals surface area contributed by atoms with E-state index in [2.05, 4.69) is 20.7 Å². The molecule has 1 rings (SSSR count). The Morgan fingerprint density at radius 1 is 1.44 bits per heavy atom. The maximum atomic E-state index is 10.8. The third kappa shape index (κ3) is 3.19. The number of nitro benzene ring substituents is 1. The Hall–Kier alpha value is -1.63. The van der Waals surface area contributed by atoms with Gasteiger partial charge in [0, 0.05) is 5.56 Å². The second-order valence-electron chi connectivity index (χ2n) is 4.67. The van der Waals surface area contributed by atoms with Crippen molar-refractivity contribution in [2.24, 2.45) is 0 Å². The second-order valence-corrected chi connectivity index (χ2v) is 5.53. The maximum Gasteiger partial charge on any atom is 0.511 e. The molecule has 0 heterocycles. The number of halogens is 1. The second kappa shape index (κ2) is 4.93. The van der Waals surface area contributed by atoms with Gasteiger partial charge in [-0.25, -0.2) is 4.79 Å². The van der Waals surface area contributed by atoms with Gasteiger partial charge < -0.3 is 9.84 Å². The fraction of sp³-hybridized carbons (Fsp3) is 0.364. The van der Waals surface area contributed by atoms with Gasteiger partial charge in [-0.2, -0.15) is 0 Å². The summed E-state index contributed by atoms with van der Waals surface area (Å²) in [6, 6.07) is 2.62. The molecule has 0 bridgehead atoms. The molecule has 98 valence electrons. The lowest BCUT2D eigenvalue weighted by atomic mass is 9.86. The molecule has 0 amide bonds. The Kier molecular flexibility index (Phi) is 3.95. The van der Waals surface area contributed by atoms with Crippen LogP contribution < -0.4 is 4.74 Å². The summed E-state index contributed by atoms with van der Waals surface area (Å²) in [7, 11) is 0. The van der Waals surface area contributed by atoms with Gasteiger partial charge in [0.15, 0.2) is 0 Å². The number of carboxylic acid groups (broad SMARTS) is 1. The molecule has 0 unspecified atom stereocenters. The van der Waals surface area contributed by atoms with Crippen LogP contribution in [0.5, 0.6) is 5.75 Å². The van der Waals surface area contributed by atoms with Crippen LogP contribution in [-0.2, 0) is 5.41 Å². The molecule has 0 aliphatic rings. The summed E-state index contributed by atoms with van der Waals surface area (Å²) >= 11 is 3.10. The predicted octanol–water partition coefficient (Wildman–Crippen LogP) is 3.71. The molecule has 0 saturated carbocycles. The van der Waals surface area contributed by atoms with Crippen molar-refractivity contribution >= 4 is 27.8 Å². The lowest BCUT2D eigenvalue weighted by molar-refractivity contribution is -0.385. The SMILES string of the molecule is CC(C)(C)c1cc(Br)c([N+](=O)[O-])cc1OC(=O)O. The molecular weight excluding hydrogens is 306 g/mol. The Morgan fingerprint density at radius 3 is 2.39 bits per heavy atom. The lowest BCUT2D eigenvalue weighted by Crippen LogP contribution is -2.15. The van der Waals surface area contributed by atoms with Crippen molar-refractivity contribution in [2.45, 2.75) is 26.2 Å². The first-order valence-electron chi connectivity index (χ1n) is 5.02. The smallest absolute Gasteiger partial charge is 0.449 e. The van der Waals surface area contributed by atoms with Crippen LogP contribution in [0.2, 0.25) is 0 Å². The minimum atomic E-state index is -1.50. The molecule has 0 radical (unpaired) electrons. The van der Waals surface area contributed by atoms with Gasteiger partial charge in [-0.3, -0.25) is 10.1 Å². The first-order chi connectivity index (χ1) is 8.12. The Bertz CT molecular complexity index is 507. The number of nitro groups is 1. The van der Waals surface area contributed by atoms with E-state index in [1.165, 1.54) is 6.07 Å². The standard InChI is InChI=1S/C11H12BrNO5/c1-11(2,3)6-4-7(12)8(13(16)17)5-9(6)18-10(14)15/h4-5H,1-3H3,(H,14,15). The molecule has 6 nitrogen and oxygen atoms in total. The molecule has 7 heteroatoms. The van der Waals surface area contributed by atoms with Crippen LogP contribution in [-0.4, -0.2) is 16.2 Å². The average molecular weight is 318 g/mol. The van der Waals surface area contributed by atoms with Gasteiger partial charge in [0.1, 0.15) is 5.75 Å². The third-order valence-corrected chi connectivity index (χ3v) is 2.89. The van der Waals surface area contributed by atoms with E-state index < -0.39 is 16.5 Å². The Balaban J connectivity index is 3.46. The number of nitrogens with zero attached hydrogens (tertiary/aromatic N) is 1. The summed E-state index contributed by atoms with van der Waals surface area (Å²) < 4.78 is 4.90. The number of hydrogen-bond acceptors (Lipinski definition) is 4. The van der Waals surface area contributed by atoms with Crippen molar-refractivity contribution in [1.29, 1.82) is 0 Å². The van der Waals surface area contributed by atoms with Crippen LogP contribution in [0, 0.1) is 10.1 Å². The number of benzene rings is 1. The van der Waals surface area contributed by atoms with Gasteiger partial charge in [-0.15, -0.1) is 0 Å². The van der Waals surface area contributed by atoms with Crippen molar-refractivity contribution in [3.63, 3.8) is 0 Å². The van der Waals surface area contributed by atoms with Gasteiger partial charge in [-0.05, 0) is 27.4 Å². The molecule has 0 fully saturated rings. The number of ether oxygens (including phenoxy) is 1. The molecule has 0 aliphatic heterocycles. The Labute approximate surface area is 112 Å². The van der Waals surface area contributed by atoms with Crippen LogP contribution >= 0.6 is 15.9 Å². The molecule has 1 N–H and O–H groups in total. The van der Waals surface area contributed by atoms with E-state index in [4.69, 9.17) is 5.11 Å². The number of rotatable bonds is 2. The summed E-state index contributed by atoms with van der Waals surface area (Å²) in [6.45, 7) is 5.57. The first kappa shape index (κ1) is 14.4. The summed E-state index contributed by atoms with van der Waals surface area (Å²) in [5.41, 5.74) is -0.0655. The van der Waals surface area contributed by atoms with Gasteiger partial charge in [0.25, 0.3) is 5.69 Å². The van der Waals surface area contributed by atoms with Crippen molar-refractivity contribution in [2.75, 3.05) is 0 Å². The van der Waals surface area contributed by atoms with Gasteiger partial charge in [-0.1, -0.05) is 20.8 Å². The zero-order valence-electron chi connectivity index (χ0n) is 10.1. The molecule has 0 aromatic heterocycles.